The highest BCUT2D eigenvalue weighted by atomic mass is 16.5. The van der Waals surface area contributed by atoms with Crippen LogP contribution in [0.3, 0.4) is 0 Å². The normalized spacial score (nSPS) is 39.1. The molecule has 1 fully saturated rings. The zero-order chi connectivity index (χ0) is 16.0. The Labute approximate surface area is 124 Å². The molecule has 0 radical (unpaired) electrons. The van der Waals surface area contributed by atoms with Crippen molar-refractivity contribution in [1.82, 2.24) is 0 Å². The van der Waals surface area contributed by atoms with Gasteiger partial charge >= 0.3 is 0 Å². The van der Waals surface area contributed by atoms with Crippen LogP contribution < -0.4 is 0 Å². The minimum atomic E-state index is -1.63. The fourth-order valence-corrected chi connectivity index (χ4v) is 2.64. The van der Waals surface area contributed by atoms with Crippen LogP contribution in [0, 0.1) is 11.8 Å². The summed E-state index contributed by atoms with van der Waals surface area (Å²) in [6, 6.07) is 0. The van der Waals surface area contributed by atoms with Gasteiger partial charge in [-0.1, -0.05) is 18.4 Å². The van der Waals surface area contributed by atoms with E-state index < -0.39 is 35.6 Å². The molecule has 5 nitrogen and oxygen atoms in total. The maximum Gasteiger partial charge on any atom is 0.126 e. The van der Waals surface area contributed by atoms with Crippen LogP contribution in [-0.4, -0.2) is 56.0 Å². The summed E-state index contributed by atoms with van der Waals surface area (Å²) in [5, 5.41) is 41.0. The van der Waals surface area contributed by atoms with Crippen LogP contribution in [-0.2, 0) is 4.74 Å². The molecule has 5 heteroatoms. The molecule has 1 saturated heterocycles. The number of hydrogen-bond donors (Lipinski definition) is 4. The molecule has 1 aliphatic carbocycles. The lowest BCUT2D eigenvalue weighted by Crippen LogP contribution is -2.57. The van der Waals surface area contributed by atoms with Crippen molar-refractivity contribution in [2.75, 3.05) is 0 Å². The van der Waals surface area contributed by atoms with Crippen LogP contribution in [0.4, 0.5) is 0 Å². The first-order valence-corrected chi connectivity index (χ1v) is 6.91. The third-order valence-electron chi connectivity index (χ3n) is 3.98. The van der Waals surface area contributed by atoms with Gasteiger partial charge in [0.2, 0.25) is 0 Å². The molecule has 0 saturated carbocycles. The van der Waals surface area contributed by atoms with Crippen molar-refractivity contribution in [1.29, 1.82) is 0 Å². The molecule has 1 heterocycles. The van der Waals surface area contributed by atoms with Crippen molar-refractivity contribution in [3.63, 3.8) is 0 Å². The van der Waals surface area contributed by atoms with E-state index in [1.54, 1.807) is 20.8 Å². The van der Waals surface area contributed by atoms with Crippen molar-refractivity contribution >= 4 is 0 Å². The van der Waals surface area contributed by atoms with E-state index in [9.17, 15) is 20.4 Å². The predicted octanol–water partition coefficient (Wildman–Crippen LogP) is -0.113. The van der Waals surface area contributed by atoms with Crippen LogP contribution in [0.1, 0.15) is 27.2 Å². The Morgan fingerprint density at radius 3 is 2.62 bits per heavy atom. The second-order valence-corrected chi connectivity index (χ2v) is 6.44. The van der Waals surface area contributed by atoms with Gasteiger partial charge in [-0.05, 0) is 32.4 Å². The summed E-state index contributed by atoms with van der Waals surface area (Å²) < 4.78 is 5.65. The van der Waals surface area contributed by atoms with Crippen molar-refractivity contribution < 1.29 is 25.2 Å². The van der Waals surface area contributed by atoms with E-state index in [0.717, 1.165) is 0 Å². The van der Waals surface area contributed by atoms with Gasteiger partial charge in [-0.3, -0.25) is 0 Å². The maximum absolute atomic E-state index is 10.6. The highest BCUT2D eigenvalue weighted by molar-refractivity contribution is 5.43. The van der Waals surface area contributed by atoms with Crippen LogP contribution in [0.2, 0.25) is 0 Å². The van der Waals surface area contributed by atoms with E-state index in [1.807, 2.05) is 0 Å². The van der Waals surface area contributed by atoms with Gasteiger partial charge in [0.05, 0.1) is 11.7 Å². The SMILES string of the molecule is C=C(C)C#CC1=C[C@H]2O[C@H](C(C)(C)O)C[C@]2(O)[C@H](O)[C@H]1O. The molecule has 0 bridgehead atoms. The smallest absolute Gasteiger partial charge is 0.126 e. The van der Waals surface area contributed by atoms with E-state index >= 15 is 0 Å². The van der Waals surface area contributed by atoms with Gasteiger partial charge < -0.3 is 25.2 Å². The van der Waals surface area contributed by atoms with Gasteiger partial charge in [0.1, 0.15) is 23.9 Å². The quantitative estimate of drug-likeness (QED) is 0.507. The summed E-state index contributed by atoms with van der Waals surface area (Å²) in [4.78, 5) is 0. The number of fused-ring (bicyclic) bond motifs is 1. The maximum atomic E-state index is 10.6. The largest absolute Gasteiger partial charge is 0.388 e. The summed E-state index contributed by atoms with van der Waals surface area (Å²) in [6.45, 7) is 8.53. The summed E-state index contributed by atoms with van der Waals surface area (Å²) >= 11 is 0. The molecule has 4 N–H and O–H groups in total. The number of allylic oxidation sites excluding steroid dienone is 1. The Hall–Kier alpha value is -1.16. The molecule has 5 atom stereocenters. The van der Waals surface area contributed by atoms with E-state index in [4.69, 9.17) is 4.74 Å². The Morgan fingerprint density at radius 2 is 2.10 bits per heavy atom. The number of aliphatic hydroxyl groups is 4. The number of ether oxygens (including phenoxy) is 1. The molecule has 0 aromatic heterocycles. The second-order valence-electron chi connectivity index (χ2n) is 6.44. The molecular weight excluding hydrogens is 272 g/mol. The molecule has 1 aliphatic heterocycles. The second kappa shape index (κ2) is 5.24. The van der Waals surface area contributed by atoms with E-state index in [2.05, 4.69) is 18.4 Å². The summed E-state index contributed by atoms with van der Waals surface area (Å²) in [6.07, 6.45) is -2.62. The standard InChI is InChI=1S/C16H22O5/c1-9(2)5-6-10-7-11-16(20,14(18)13(10)17)8-12(21-11)15(3,4)19/h7,11-14,17-20H,1,8H2,2-4H3/t11-,12+,13+,14-,16-/m1/s1. The summed E-state index contributed by atoms with van der Waals surface area (Å²) in [5.74, 6) is 5.46. The number of hydrogen-bond acceptors (Lipinski definition) is 5. The molecule has 2 rings (SSSR count). The van der Waals surface area contributed by atoms with Gasteiger partial charge in [0.15, 0.2) is 0 Å². The fourth-order valence-electron chi connectivity index (χ4n) is 2.64. The number of aliphatic hydroxyl groups excluding tert-OH is 2. The molecule has 0 aromatic rings. The van der Waals surface area contributed by atoms with Gasteiger partial charge in [0.25, 0.3) is 0 Å². The Kier molecular flexibility index (Phi) is 4.04. The average Bonchev–Trinajstić information content (AvgIpc) is 2.70. The molecule has 2 aliphatic rings. The molecule has 21 heavy (non-hydrogen) atoms. The van der Waals surface area contributed by atoms with E-state index in [0.29, 0.717) is 5.57 Å². The lowest BCUT2D eigenvalue weighted by Gasteiger charge is -2.38. The van der Waals surface area contributed by atoms with E-state index in [-0.39, 0.29) is 12.0 Å². The zero-order valence-electron chi connectivity index (χ0n) is 12.5. The first-order valence-electron chi connectivity index (χ1n) is 6.91. The molecule has 116 valence electrons. The minimum Gasteiger partial charge on any atom is -0.388 e. The van der Waals surface area contributed by atoms with Crippen molar-refractivity contribution in [2.45, 2.75) is 62.8 Å². The first-order chi connectivity index (χ1) is 9.55. The molecular formula is C16H22O5. The highest BCUT2D eigenvalue weighted by Crippen LogP contribution is 2.43. The molecule has 0 unspecified atom stereocenters. The molecule has 0 spiro atoms. The lowest BCUT2D eigenvalue weighted by molar-refractivity contribution is -0.143. The van der Waals surface area contributed by atoms with Gasteiger partial charge in [-0.25, -0.2) is 0 Å². The van der Waals surface area contributed by atoms with Crippen molar-refractivity contribution in [2.24, 2.45) is 0 Å². The Balaban J connectivity index is 2.35. The van der Waals surface area contributed by atoms with Gasteiger partial charge in [-0.2, -0.15) is 0 Å². The lowest BCUT2D eigenvalue weighted by atomic mass is 9.76. The topological polar surface area (TPSA) is 90.2 Å². The molecule has 0 amide bonds. The highest BCUT2D eigenvalue weighted by Gasteiger charge is 2.58. The van der Waals surface area contributed by atoms with Crippen LogP contribution in [0.5, 0.6) is 0 Å². The Bertz CT molecular complexity index is 533. The third kappa shape index (κ3) is 2.91. The van der Waals surface area contributed by atoms with Crippen molar-refractivity contribution in [3.05, 3.63) is 23.8 Å². The number of rotatable bonds is 1. The first kappa shape index (κ1) is 16.2. The van der Waals surface area contributed by atoms with Gasteiger partial charge in [-0.15, -0.1) is 0 Å². The van der Waals surface area contributed by atoms with Gasteiger partial charge in [0, 0.05) is 12.0 Å². The fraction of sp³-hybridized carbons (Fsp3) is 0.625. The summed E-state index contributed by atoms with van der Waals surface area (Å²) in [7, 11) is 0. The van der Waals surface area contributed by atoms with E-state index in [1.165, 1.54) is 6.08 Å². The minimum absolute atomic E-state index is 0.0388. The van der Waals surface area contributed by atoms with Crippen molar-refractivity contribution in [3.8, 4) is 11.8 Å². The Morgan fingerprint density at radius 1 is 1.48 bits per heavy atom. The van der Waals surface area contributed by atoms with Crippen LogP contribution in [0.25, 0.3) is 0 Å². The molecule has 0 aromatic carbocycles. The third-order valence-corrected chi connectivity index (χ3v) is 3.98. The predicted molar refractivity (Wildman–Crippen MR) is 77.2 cm³/mol. The zero-order valence-corrected chi connectivity index (χ0v) is 12.5. The monoisotopic (exact) mass is 294 g/mol. The summed E-state index contributed by atoms with van der Waals surface area (Å²) in [5.41, 5.74) is -1.87. The van der Waals surface area contributed by atoms with Crippen LogP contribution >= 0.6 is 0 Å². The average molecular weight is 294 g/mol. The van der Waals surface area contributed by atoms with Crippen LogP contribution in [0.15, 0.2) is 23.8 Å².